The maximum atomic E-state index is 10.6. The lowest BCUT2D eigenvalue weighted by molar-refractivity contribution is 0.600. The highest BCUT2D eigenvalue weighted by atomic mass is 32.2. The minimum atomic E-state index is -3.41. The lowest BCUT2D eigenvalue weighted by atomic mass is 10.2. The number of rotatable bonds is 2. The number of hydrogen-bond acceptors (Lipinski definition) is 2. The molecule has 1 aliphatic rings. The van der Waals surface area contributed by atoms with Gasteiger partial charge in [0.1, 0.15) is 0 Å². The summed E-state index contributed by atoms with van der Waals surface area (Å²) < 4.78 is 21.1. The van der Waals surface area contributed by atoms with Crippen molar-refractivity contribution in [2.75, 3.05) is 5.75 Å². The Morgan fingerprint density at radius 2 is 2.18 bits per heavy atom. The lowest BCUT2D eigenvalue weighted by Crippen LogP contribution is -2.17. The Kier molecular flexibility index (Phi) is 2.13. The predicted molar refractivity (Wildman–Crippen MR) is 42.2 cm³/mol. The van der Waals surface area contributed by atoms with Gasteiger partial charge in [-0.15, -0.1) is 0 Å². The molecule has 2 N–H and O–H groups in total. The third kappa shape index (κ3) is 3.03. The van der Waals surface area contributed by atoms with Crippen LogP contribution in [0.4, 0.5) is 0 Å². The molecular weight excluding hydrogens is 162 g/mol. The highest BCUT2D eigenvalue weighted by Gasteiger charge is 2.04. The molecule has 3 nitrogen and oxygen atoms in total. The molecular formula is C7H7NO2S. The molecule has 0 saturated heterocycles. The Morgan fingerprint density at radius 1 is 1.45 bits per heavy atom. The molecule has 0 atom stereocenters. The first-order valence-corrected chi connectivity index (χ1v) is 4.66. The Bertz CT molecular complexity index is 377. The maximum absolute atomic E-state index is 10.6. The van der Waals surface area contributed by atoms with Crippen molar-refractivity contribution in [3.8, 4) is 0 Å². The minimum Gasteiger partial charge on any atom is -0.228 e. The second-order valence-corrected chi connectivity index (χ2v) is 3.76. The van der Waals surface area contributed by atoms with Gasteiger partial charge in [-0.3, -0.25) is 0 Å². The zero-order valence-corrected chi connectivity index (χ0v) is 6.56. The molecule has 1 rings (SSSR count). The van der Waals surface area contributed by atoms with Gasteiger partial charge >= 0.3 is 0 Å². The Hall–Kier alpha value is -1.05. The lowest BCUT2D eigenvalue weighted by Gasteiger charge is -1.97. The van der Waals surface area contributed by atoms with E-state index in [9.17, 15) is 8.42 Å². The van der Waals surface area contributed by atoms with Crippen LogP contribution in [0.1, 0.15) is 0 Å². The van der Waals surface area contributed by atoms with E-state index in [4.69, 9.17) is 5.14 Å². The van der Waals surface area contributed by atoms with Crippen LogP contribution < -0.4 is 5.14 Å². The number of nitrogens with two attached hydrogens (primary N) is 1. The number of sulfonamides is 1. The second kappa shape index (κ2) is 2.91. The van der Waals surface area contributed by atoms with Crippen molar-refractivity contribution in [2.45, 2.75) is 0 Å². The monoisotopic (exact) mass is 169 g/mol. The van der Waals surface area contributed by atoms with Gasteiger partial charge in [0, 0.05) is 0 Å². The van der Waals surface area contributed by atoms with E-state index in [2.05, 4.69) is 11.5 Å². The Balaban J connectivity index is 2.77. The van der Waals surface area contributed by atoms with E-state index < -0.39 is 10.0 Å². The molecule has 1 aliphatic carbocycles. The fraction of sp³-hybridized carbons (Fsp3) is 0.143. The SMILES string of the molecule is NS(=O)(=O)CC1=CC=C=C=C1. The smallest absolute Gasteiger partial charge is 0.213 e. The molecule has 0 heterocycles. The van der Waals surface area contributed by atoms with Crippen molar-refractivity contribution in [3.05, 3.63) is 35.3 Å². The van der Waals surface area contributed by atoms with Crippen LogP contribution >= 0.6 is 0 Å². The fourth-order valence-corrected chi connectivity index (χ4v) is 1.35. The van der Waals surface area contributed by atoms with Crippen molar-refractivity contribution in [3.63, 3.8) is 0 Å². The molecule has 0 radical (unpaired) electrons. The standard InChI is InChI=1S/C7H7NO2S/c8-11(9,10)6-7-4-2-1-3-5-7/h2,4-5H,6H2,(H2,8,9,10). The van der Waals surface area contributed by atoms with E-state index in [0.29, 0.717) is 5.57 Å². The van der Waals surface area contributed by atoms with Crippen LogP contribution in [0.5, 0.6) is 0 Å². The summed E-state index contributed by atoms with van der Waals surface area (Å²) >= 11 is 0. The summed E-state index contributed by atoms with van der Waals surface area (Å²) in [6.07, 6.45) is 4.78. The van der Waals surface area contributed by atoms with Crippen molar-refractivity contribution < 1.29 is 8.42 Å². The van der Waals surface area contributed by atoms with Crippen molar-refractivity contribution in [1.29, 1.82) is 0 Å². The van der Waals surface area contributed by atoms with Crippen LogP contribution in [-0.4, -0.2) is 14.2 Å². The third-order valence-corrected chi connectivity index (χ3v) is 1.83. The third-order valence-electron chi connectivity index (χ3n) is 1.09. The first-order valence-electron chi connectivity index (χ1n) is 2.95. The van der Waals surface area contributed by atoms with Crippen molar-refractivity contribution in [2.24, 2.45) is 5.14 Å². The Labute approximate surface area is 65.3 Å². The van der Waals surface area contributed by atoms with Gasteiger partial charge in [0.05, 0.1) is 5.75 Å². The molecule has 0 aromatic carbocycles. The zero-order valence-electron chi connectivity index (χ0n) is 5.74. The summed E-state index contributed by atoms with van der Waals surface area (Å²) in [5.74, 6) is -0.141. The van der Waals surface area contributed by atoms with Crippen LogP contribution in [0.2, 0.25) is 0 Å². The summed E-state index contributed by atoms with van der Waals surface area (Å²) in [7, 11) is -3.41. The zero-order chi connectivity index (χ0) is 8.32. The topological polar surface area (TPSA) is 60.2 Å². The molecule has 0 fully saturated rings. The maximum Gasteiger partial charge on any atom is 0.213 e. The molecule has 4 heteroatoms. The molecule has 0 aliphatic heterocycles. The molecule has 58 valence electrons. The number of allylic oxidation sites excluding steroid dienone is 3. The highest BCUT2D eigenvalue weighted by Crippen LogP contribution is 2.01. The first-order chi connectivity index (χ1) is 5.08. The Morgan fingerprint density at radius 3 is 2.64 bits per heavy atom. The van der Waals surface area contributed by atoms with E-state index in [0.717, 1.165) is 0 Å². The van der Waals surface area contributed by atoms with Gasteiger partial charge < -0.3 is 0 Å². The molecule has 0 bridgehead atoms. The van der Waals surface area contributed by atoms with Crippen LogP contribution in [-0.2, 0) is 10.0 Å². The van der Waals surface area contributed by atoms with Gasteiger partial charge in [0.25, 0.3) is 0 Å². The molecule has 0 spiro atoms. The molecule has 0 saturated carbocycles. The van der Waals surface area contributed by atoms with Gasteiger partial charge in [-0.25, -0.2) is 13.6 Å². The normalized spacial score (nSPS) is 15.2. The predicted octanol–water partition coefficient (Wildman–Crippen LogP) is 0.0813. The molecule has 0 unspecified atom stereocenters. The van der Waals surface area contributed by atoms with E-state index >= 15 is 0 Å². The largest absolute Gasteiger partial charge is 0.228 e. The van der Waals surface area contributed by atoms with E-state index in [1.807, 2.05) is 0 Å². The highest BCUT2D eigenvalue weighted by molar-refractivity contribution is 7.89. The van der Waals surface area contributed by atoms with E-state index in [-0.39, 0.29) is 5.75 Å². The van der Waals surface area contributed by atoms with E-state index in [1.54, 1.807) is 18.2 Å². The first kappa shape index (κ1) is 8.05. The molecule has 0 amide bonds. The van der Waals surface area contributed by atoms with Crippen LogP contribution in [0.25, 0.3) is 0 Å². The van der Waals surface area contributed by atoms with Gasteiger partial charge in [0.2, 0.25) is 10.0 Å². The summed E-state index contributed by atoms with van der Waals surface area (Å²) in [6, 6.07) is 0. The average molecular weight is 169 g/mol. The average Bonchev–Trinajstić information content (AvgIpc) is 1.85. The van der Waals surface area contributed by atoms with Gasteiger partial charge in [-0.1, -0.05) is 11.5 Å². The van der Waals surface area contributed by atoms with Gasteiger partial charge in [-0.2, -0.15) is 0 Å². The van der Waals surface area contributed by atoms with E-state index in [1.165, 1.54) is 0 Å². The fourth-order valence-electron chi connectivity index (χ4n) is 0.701. The summed E-state index contributed by atoms with van der Waals surface area (Å²) in [6.45, 7) is 0. The van der Waals surface area contributed by atoms with Crippen LogP contribution in [0, 0.1) is 0 Å². The summed E-state index contributed by atoms with van der Waals surface area (Å²) in [4.78, 5) is 0. The quantitative estimate of drug-likeness (QED) is 0.595. The summed E-state index contributed by atoms with van der Waals surface area (Å²) in [5.41, 5.74) is 5.93. The molecule has 0 aromatic rings. The van der Waals surface area contributed by atoms with Gasteiger partial charge in [0.15, 0.2) is 0 Å². The number of hydrogen-bond donors (Lipinski definition) is 1. The number of primary sulfonamides is 1. The van der Waals surface area contributed by atoms with Crippen molar-refractivity contribution >= 4 is 10.0 Å². The minimum absolute atomic E-state index is 0.141. The van der Waals surface area contributed by atoms with Crippen LogP contribution in [0.3, 0.4) is 0 Å². The summed E-state index contributed by atoms with van der Waals surface area (Å²) in [5, 5.41) is 4.82. The molecule has 0 aromatic heterocycles. The van der Waals surface area contributed by atoms with Crippen LogP contribution in [0.15, 0.2) is 35.3 Å². The second-order valence-electron chi connectivity index (χ2n) is 2.15. The molecule has 11 heavy (non-hydrogen) atoms. The van der Waals surface area contributed by atoms with Crippen molar-refractivity contribution in [1.82, 2.24) is 0 Å². The van der Waals surface area contributed by atoms with Gasteiger partial charge in [-0.05, 0) is 23.8 Å².